The van der Waals surface area contributed by atoms with Gasteiger partial charge in [-0.05, 0) is 88.7 Å². The van der Waals surface area contributed by atoms with Crippen molar-refractivity contribution in [1.29, 1.82) is 0 Å². The van der Waals surface area contributed by atoms with E-state index in [9.17, 15) is 9.59 Å². The van der Waals surface area contributed by atoms with Crippen molar-refractivity contribution in [1.82, 2.24) is 10.2 Å². The SMILES string of the molecule is CN(C)CCOc1ccc(C(=O)NC23CC4CC(C2)CC(C(N)=O)(C4)C3)cc1. The quantitative estimate of drug-likeness (QED) is 0.753. The molecule has 2 atom stereocenters. The molecule has 152 valence electrons. The molecular formula is C22H31N3O3. The van der Waals surface area contributed by atoms with Crippen LogP contribution in [0.15, 0.2) is 24.3 Å². The summed E-state index contributed by atoms with van der Waals surface area (Å²) >= 11 is 0. The Morgan fingerprint density at radius 1 is 1.14 bits per heavy atom. The van der Waals surface area contributed by atoms with Crippen molar-refractivity contribution in [3.63, 3.8) is 0 Å². The molecule has 6 heteroatoms. The Bertz CT molecular complexity index is 745. The van der Waals surface area contributed by atoms with Gasteiger partial charge in [-0.2, -0.15) is 0 Å². The number of carbonyl (C=O) groups is 2. The lowest BCUT2D eigenvalue weighted by Crippen LogP contribution is -2.65. The molecule has 4 fully saturated rings. The van der Waals surface area contributed by atoms with Crippen LogP contribution in [0.4, 0.5) is 0 Å². The third-order valence-corrected chi connectivity index (χ3v) is 6.89. The first-order valence-electron chi connectivity index (χ1n) is 10.3. The molecule has 0 aromatic heterocycles. The first-order chi connectivity index (χ1) is 13.3. The summed E-state index contributed by atoms with van der Waals surface area (Å²) in [5, 5.41) is 3.30. The van der Waals surface area contributed by atoms with Crippen LogP contribution in [0.2, 0.25) is 0 Å². The molecule has 5 rings (SSSR count). The molecule has 1 aromatic rings. The zero-order valence-electron chi connectivity index (χ0n) is 16.9. The van der Waals surface area contributed by atoms with Gasteiger partial charge in [0.2, 0.25) is 5.91 Å². The Labute approximate surface area is 166 Å². The Kier molecular flexibility index (Phi) is 4.86. The maximum absolute atomic E-state index is 12.9. The maximum Gasteiger partial charge on any atom is 0.251 e. The van der Waals surface area contributed by atoms with Crippen LogP contribution in [0.5, 0.6) is 5.75 Å². The standard InChI is InChI=1S/C22H31N3O3/c1-25(2)7-8-28-18-5-3-17(4-6-18)19(26)24-22-12-15-9-16(13-22)11-21(10-15,14-22)20(23)27/h3-6,15-16H,7-14H2,1-2H3,(H2,23,27)(H,24,26). The Hall–Kier alpha value is -2.08. The predicted octanol–water partition coefficient (Wildman–Crippen LogP) is 2.18. The molecule has 0 aliphatic heterocycles. The molecule has 28 heavy (non-hydrogen) atoms. The molecule has 3 N–H and O–H groups in total. The Morgan fingerprint density at radius 2 is 1.79 bits per heavy atom. The molecule has 1 aromatic carbocycles. The van der Waals surface area contributed by atoms with Crippen molar-refractivity contribution >= 4 is 11.8 Å². The Morgan fingerprint density at radius 3 is 2.36 bits per heavy atom. The Balaban J connectivity index is 1.43. The van der Waals surface area contributed by atoms with E-state index in [1.165, 1.54) is 6.42 Å². The molecule has 4 aliphatic rings. The highest BCUT2D eigenvalue weighted by Crippen LogP contribution is 2.61. The van der Waals surface area contributed by atoms with Gasteiger partial charge in [-0.1, -0.05) is 0 Å². The number of primary amides is 1. The predicted molar refractivity (Wildman–Crippen MR) is 107 cm³/mol. The zero-order valence-corrected chi connectivity index (χ0v) is 16.9. The van der Waals surface area contributed by atoms with Gasteiger partial charge in [0.25, 0.3) is 5.91 Å². The van der Waals surface area contributed by atoms with Gasteiger partial charge in [0.1, 0.15) is 12.4 Å². The molecule has 2 unspecified atom stereocenters. The van der Waals surface area contributed by atoms with Crippen molar-refractivity contribution in [2.75, 3.05) is 27.2 Å². The van der Waals surface area contributed by atoms with Crippen molar-refractivity contribution in [3.05, 3.63) is 29.8 Å². The monoisotopic (exact) mass is 385 g/mol. The minimum atomic E-state index is -0.415. The van der Waals surface area contributed by atoms with Crippen molar-refractivity contribution < 1.29 is 14.3 Å². The lowest BCUT2D eigenvalue weighted by molar-refractivity contribution is -0.146. The molecule has 0 heterocycles. The van der Waals surface area contributed by atoms with E-state index in [2.05, 4.69) is 10.2 Å². The molecular weight excluding hydrogens is 354 g/mol. The van der Waals surface area contributed by atoms with E-state index in [0.717, 1.165) is 38.0 Å². The summed E-state index contributed by atoms with van der Waals surface area (Å²) in [6, 6.07) is 7.31. The number of nitrogens with one attached hydrogen (secondary N) is 1. The van der Waals surface area contributed by atoms with Crippen molar-refractivity contribution in [3.8, 4) is 5.75 Å². The summed E-state index contributed by atoms with van der Waals surface area (Å²) in [6.45, 7) is 1.45. The topological polar surface area (TPSA) is 84.7 Å². The molecule has 0 spiro atoms. The van der Waals surface area contributed by atoms with Crippen LogP contribution in [0.25, 0.3) is 0 Å². The number of carbonyl (C=O) groups excluding carboxylic acids is 2. The molecule has 4 bridgehead atoms. The molecule has 2 amide bonds. The number of amides is 2. The van der Waals surface area contributed by atoms with Gasteiger partial charge >= 0.3 is 0 Å². The smallest absolute Gasteiger partial charge is 0.251 e. The number of nitrogens with two attached hydrogens (primary N) is 1. The van der Waals surface area contributed by atoms with Crippen LogP contribution in [-0.4, -0.2) is 49.5 Å². The second-order valence-electron chi connectivity index (χ2n) is 9.52. The van der Waals surface area contributed by atoms with Crippen molar-refractivity contribution in [2.24, 2.45) is 23.0 Å². The summed E-state index contributed by atoms with van der Waals surface area (Å²) in [5.74, 6) is 1.52. The van der Waals surface area contributed by atoms with E-state index in [1.807, 2.05) is 38.4 Å². The van der Waals surface area contributed by atoms with Gasteiger partial charge < -0.3 is 20.7 Å². The summed E-state index contributed by atoms with van der Waals surface area (Å²) < 4.78 is 5.70. The molecule has 4 aliphatic carbocycles. The highest BCUT2D eigenvalue weighted by Gasteiger charge is 2.60. The molecule has 4 saturated carbocycles. The minimum Gasteiger partial charge on any atom is -0.492 e. The third kappa shape index (κ3) is 3.62. The number of likely N-dealkylation sites (N-methyl/N-ethyl adjacent to an activating group) is 1. The van der Waals surface area contributed by atoms with Gasteiger partial charge in [0.05, 0.1) is 5.41 Å². The fourth-order valence-corrected chi connectivity index (χ4v) is 6.06. The summed E-state index contributed by atoms with van der Waals surface area (Å²) in [5.41, 5.74) is 5.73. The number of hydrogen-bond donors (Lipinski definition) is 2. The van der Waals surface area contributed by atoms with Crippen LogP contribution in [0.1, 0.15) is 48.9 Å². The summed E-state index contributed by atoms with van der Waals surface area (Å²) in [4.78, 5) is 27.2. The fraction of sp³-hybridized carbons (Fsp3) is 0.636. The van der Waals surface area contributed by atoms with Gasteiger partial charge in [0.15, 0.2) is 0 Å². The largest absolute Gasteiger partial charge is 0.492 e. The molecule has 0 radical (unpaired) electrons. The molecule has 0 saturated heterocycles. The second-order valence-corrected chi connectivity index (χ2v) is 9.52. The summed E-state index contributed by atoms with van der Waals surface area (Å²) in [7, 11) is 4.01. The van der Waals surface area contributed by atoms with E-state index in [0.29, 0.717) is 30.4 Å². The zero-order chi connectivity index (χ0) is 19.9. The van der Waals surface area contributed by atoms with Gasteiger partial charge in [-0.15, -0.1) is 0 Å². The van der Waals surface area contributed by atoms with Gasteiger partial charge in [-0.3, -0.25) is 9.59 Å². The first-order valence-corrected chi connectivity index (χ1v) is 10.3. The van der Waals surface area contributed by atoms with Crippen LogP contribution in [-0.2, 0) is 4.79 Å². The van der Waals surface area contributed by atoms with E-state index in [4.69, 9.17) is 10.5 Å². The van der Waals surface area contributed by atoms with Crippen LogP contribution >= 0.6 is 0 Å². The number of ether oxygens (including phenoxy) is 1. The highest BCUT2D eigenvalue weighted by molar-refractivity contribution is 5.95. The number of hydrogen-bond acceptors (Lipinski definition) is 4. The average Bonchev–Trinajstić information content (AvgIpc) is 2.60. The van der Waals surface area contributed by atoms with E-state index in [1.54, 1.807) is 0 Å². The van der Waals surface area contributed by atoms with Crippen LogP contribution in [0, 0.1) is 17.3 Å². The fourth-order valence-electron chi connectivity index (χ4n) is 6.06. The minimum absolute atomic E-state index is 0.0681. The number of rotatable bonds is 7. The lowest BCUT2D eigenvalue weighted by atomic mass is 9.46. The first kappa shape index (κ1) is 19.2. The number of nitrogens with zero attached hydrogens (tertiary/aromatic N) is 1. The lowest BCUT2D eigenvalue weighted by Gasteiger charge is -2.61. The average molecular weight is 386 g/mol. The van der Waals surface area contributed by atoms with E-state index >= 15 is 0 Å². The summed E-state index contributed by atoms with van der Waals surface area (Å²) in [6.07, 6.45) is 5.60. The second kappa shape index (κ2) is 7.07. The highest BCUT2D eigenvalue weighted by atomic mass is 16.5. The maximum atomic E-state index is 12.9. The molecule has 6 nitrogen and oxygen atoms in total. The van der Waals surface area contributed by atoms with E-state index < -0.39 is 5.41 Å². The van der Waals surface area contributed by atoms with E-state index in [-0.39, 0.29) is 17.4 Å². The van der Waals surface area contributed by atoms with Crippen LogP contribution < -0.4 is 15.8 Å². The third-order valence-electron chi connectivity index (χ3n) is 6.89. The van der Waals surface area contributed by atoms with Crippen LogP contribution in [0.3, 0.4) is 0 Å². The number of benzene rings is 1. The van der Waals surface area contributed by atoms with Gasteiger partial charge in [0, 0.05) is 17.6 Å². The normalized spacial score (nSPS) is 33.1. The van der Waals surface area contributed by atoms with Crippen molar-refractivity contribution in [2.45, 2.75) is 44.1 Å². The van der Waals surface area contributed by atoms with Gasteiger partial charge in [-0.25, -0.2) is 0 Å².